The zero-order valence-corrected chi connectivity index (χ0v) is 8.91. The van der Waals surface area contributed by atoms with Gasteiger partial charge in [-0.15, -0.1) is 0 Å². The summed E-state index contributed by atoms with van der Waals surface area (Å²) in [5.41, 5.74) is 4.55. The van der Waals surface area contributed by atoms with E-state index < -0.39 is 0 Å². The first-order valence-corrected chi connectivity index (χ1v) is 4.09. The van der Waals surface area contributed by atoms with E-state index >= 15 is 0 Å². The number of rotatable bonds is 2. The molecule has 0 atom stereocenters. The third-order valence-electron chi connectivity index (χ3n) is 1.08. The minimum atomic E-state index is 0.977. The van der Waals surface area contributed by atoms with Crippen LogP contribution >= 0.6 is 11.6 Å². The van der Waals surface area contributed by atoms with Gasteiger partial charge in [0.05, 0.1) is 0 Å². The second kappa shape index (κ2) is 8.35. The molecular formula is C11H17Cl. The lowest BCUT2D eigenvalue weighted by molar-refractivity contribution is 1.39. The van der Waals surface area contributed by atoms with Crippen LogP contribution in [0.4, 0.5) is 0 Å². The summed E-state index contributed by atoms with van der Waals surface area (Å²) in [5, 5.41) is 0. The zero-order valence-electron chi connectivity index (χ0n) is 8.15. The van der Waals surface area contributed by atoms with Crippen molar-refractivity contribution in [2.75, 3.05) is 0 Å². The average molecular weight is 185 g/mol. The Hall–Kier alpha value is -0.750. The average Bonchev–Trinajstić information content (AvgIpc) is 1.87. The smallest absolute Gasteiger partial charge is 0.00448 e. The van der Waals surface area contributed by atoms with Crippen molar-refractivity contribution < 1.29 is 0 Å². The highest BCUT2D eigenvalue weighted by atomic mass is 35.5. The third kappa shape index (κ3) is 16.1. The fraction of sp³-hybridized carbons (Fsp3) is 0.273. The van der Waals surface area contributed by atoms with E-state index in [1.54, 1.807) is 6.08 Å². The van der Waals surface area contributed by atoms with Gasteiger partial charge in [0.15, 0.2) is 0 Å². The normalized spacial score (nSPS) is 8.67. The maximum atomic E-state index is 5.16. The van der Waals surface area contributed by atoms with Crippen LogP contribution in [0.5, 0.6) is 0 Å². The van der Waals surface area contributed by atoms with Crippen LogP contribution in [-0.4, -0.2) is 0 Å². The molecule has 12 heavy (non-hydrogen) atoms. The topological polar surface area (TPSA) is 0 Å². The molecule has 68 valence electrons. The number of hydrogen-bond donors (Lipinski definition) is 0. The predicted octanol–water partition coefficient (Wildman–Crippen LogP) is 4.45. The van der Waals surface area contributed by atoms with Crippen molar-refractivity contribution in [3.63, 3.8) is 0 Å². The fourth-order valence-corrected chi connectivity index (χ4v) is 0.323. The summed E-state index contributed by atoms with van der Waals surface area (Å²) in [5.74, 6) is 0. The molecule has 0 unspecified atom stereocenters. The van der Waals surface area contributed by atoms with E-state index in [0.717, 1.165) is 16.7 Å². The molecule has 0 aliphatic carbocycles. The minimum Gasteiger partial charge on any atom is -0.0961 e. The van der Waals surface area contributed by atoms with E-state index in [2.05, 4.69) is 19.7 Å². The molecule has 0 spiro atoms. The van der Waals surface area contributed by atoms with E-state index in [4.69, 9.17) is 11.6 Å². The number of hydrogen-bond acceptors (Lipinski definition) is 0. The van der Waals surface area contributed by atoms with Crippen molar-refractivity contribution in [3.8, 4) is 0 Å². The Labute approximate surface area is 80.9 Å². The first-order chi connectivity index (χ1) is 5.41. The van der Waals surface area contributed by atoms with E-state index in [-0.39, 0.29) is 0 Å². The molecular weight excluding hydrogens is 168 g/mol. The van der Waals surface area contributed by atoms with Gasteiger partial charge in [-0.1, -0.05) is 48.1 Å². The molecule has 0 aromatic carbocycles. The monoisotopic (exact) mass is 184 g/mol. The van der Waals surface area contributed by atoms with Gasteiger partial charge in [0.2, 0.25) is 0 Å². The molecule has 0 fully saturated rings. The van der Waals surface area contributed by atoms with Gasteiger partial charge in [-0.3, -0.25) is 0 Å². The zero-order chi connectivity index (χ0) is 10.1. The summed E-state index contributed by atoms with van der Waals surface area (Å²) in [6.45, 7) is 16.7. The van der Waals surface area contributed by atoms with E-state index in [9.17, 15) is 0 Å². The molecule has 0 aromatic rings. The summed E-state index contributed by atoms with van der Waals surface area (Å²) in [6, 6.07) is 0. The van der Waals surface area contributed by atoms with Gasteiger partial charge in [-0.05, 0) is 26.8 Å². The van der Waals surface area contributed by atoms with Gasteiger partial charge in [-0.25, -0.2) is 0 Å². The predicted molar refractivity (Wildman–Crippen MR) is 59.4 cm³/mol. The first kappa shape index (κ1) is 13.8. The molecule has 0 aliphatic heterocycles. The van der Waals surface area contributed by atoms with Gasteiger partial charge in [0, 0.05) is 5.54 Å². The van der Waals surface area contributed by atoms with Crippen LogP contribution in [0.25, 0.3) is 0 Å². The van der Waals surface area contributed by atoms with Gasteiger partial charge < -0.3 is 0 Å². The van der Waals surface area contributed by atoms with Crippen LogP contribution in [0.3, 0.4) is 0 Å². The SMILES string of the molecule is C=C(C)C(=C)C.C=C(C)C=CCl. The van der Waals surface area contributed by atoms with Crippen LogP contribution in [-0.2, 0) is 0 Å². The Balaban J connectivity index is 0. The molecule has 0 N–H and O–H groups in total. The molecule has 0 saturated heterocycles. The lowest BCUT2D eigenvalue weighted by Crippen LogP contribution is -1.67. The maximum absolute atomic E-state index is 5.16. The highest BCUT2D eigenvalue weighted by Crippen LogP contribution is 1.98. The summed E-state index contributed by atoms with van der Waals surface area (Å²) in [4.78, 5) is 0. The summed E-state index contributed by atoms with van der Waals surface area (Å²) in [7, 11) is 0. The number of allylic oxidation sites excluding steroid dienone is 4. The van der Waals surface area contributed by atoms with Crippen molar-refractivity contribution in [1.29, 1.82) is 0 Å². The fourth-order valence-electron chi connectivity index (χ4n) is 0.108. The van der Waals surface area contributed by atoms with Crippen LogP contribution in [0.15, 0.2) is 48.1 Å². The Bertz CT molecular complexity index is 185. The summed E-state index contributed by atoms with van der Waals surface area (Å²) < 4.78 is 0. The molecule has 0 bridgehead atoms. The summed E-state index contributed by atoms with van der Waals surface area (Å²) >= 11 is 5.16. The Morgan fingerprint density at radius 2 is 1.33 bits per heavy atom. The van der Waals surface area contributed by atoms with Crippen molar-refractivity contribution in [3.05, 3.63) is 48.1 Å². The van der Waals surface area contributed by atoms with Gasteiger partial charge in [-0.2, -0.15) is 0 Å². The second-order valence-electron chi connectivity index (χ2n) is 2.70. The largest absolute Gasteiger partial charge is 0.0961 e. The van der Waals surface area contributed by atoms with Crippen molar-refractivity contribution in [1.82, 2.24) is 0 Å². The molecule has 0 heterocycles. The molecule has 0 radical (unpaired) electrons. The van der Waals surface area contributed by atoms with Crippen LogP contribution < -0.4 is 0 Å². The molecule has 1 heteroatoms. The van der Waals surface area contributed by atoms with Gasteiger partial charge in [0.1, 0.15) is 0 Å². The first-order valence-electron chi connectivity index (χ1n) is 3.65. The maximum Gasteiger partial charge on any atom is 0.00448 e. The van der Waals surface area contributed by atoms with Gasteiger partial charge >= 0.3 is 0 Å². The molecule has 0 amide bonds. The summed E-state index contributed by atoms with van der Waals surface area (Å²) in [6.07, 6.45) is 1.74. The van der Waals surface area contributed by atoms with Crippen molar-refractivity contribution in [2.24, 2.45) is 0 Å². The standard InChI is InChI=1S/C6H10.C5H7Cl/c1-5(2)6(3)4;1-5(2)3-4-6/h1,3H2,2,4H3;3-4H,1H2,2H3. The Morgan fingerprint density at radius 3 is 1.33 bits per heavy atom. The Kier molecular flexibility index (Phi) is 9.61. The molecule has 0 saturated carbocycles. The highest BCUT2D eigenvalue weighted by molar-refractivity contribution is 6.25. The quantitative estimate of drug-likeness (QED) is 0.557. The van der Waals surface area contributed by atoms with E-state index in [1.165, 1.54) is 5.54 Å². The molecule has 0 nitrogen and oxygen atoms in total. The second-order valence-corrected chi connectivity index (χ2v) is 2.95. The third-order valence-corrected chi connectivity index (χ3v) is 1.20. The van der Waals surface area contributed by atoms with Crippen LogP contribution in [0.2, 0.25) is 0 Å². The number of halogens is 1. The Morgan fingerprint density at radius 1 is 1.00 bits per heavy atom. The van der Waals surface area contributed by atoms with Crippen LogP contribution in [0.1, 0.15) is 20.8 Å². The molecule has 0 aliphatic rings. The molecule has 0 aromatic heterocycles. The van der Waals surface area contributed by atoms with Crippen molar-refractivity contribution in [2.45, 2.75) is 20.8 Å². The van der Waals surface area contributed by atoms with Crippen molar-refractivity contribution >= 4 is 11.6 Å². The van der Waals surface area contributed by atoms with Crippen LogP contribution in [0, 0.1) is 0 Å². The van der Waals surface area contributed by atoms with E-state index in [0.29, 0.717) is 0 Å². The van der Waals surface area contributed by atoms with E-state index in [1.807, 2.05) is 20.8 Å². The molecule has 0 rings (SSSR count). The lowest BCUT2D eigenvalue weighted by atomic mass is 10.2. The van der Waals surface area contributed by atoms with Gasteiger partial charge in [0.25, 0.3) is 0 Å². The minimum absolute atomic E-state index is 0.977. The lowest BCUT2D eigenvalue weighted by Gasteiger charge is -1.88. The highest BCUT2D eigenvalue weighted by Gasteiger charge is 1.77.